The highest BCUT2D eigenvalue weighted by molar-refractivity contribution is 5.90. The molecule has 1 aromatic heterocycles. The van der Waals surface area contributed by atoms with E-state index in [0.29, 0.717) is 12.4 Å². The molecule has 2 N–H and O–H groups in total. The quantitative estimate of drug-likeness (QED) is 0.873. The van der Waals surface area contributed by atoms with Crippen LogP contribution >= 0.6 is 0 Å². The number of quaternary nitrogens is 1. The summed E-state index contributed by atoms with van der Waals surface area (Å²) in [5.74, 6) is 0.402. The van der Waals surface area contributed by atoms with Gasteiger partial charge in [0.1, 0.15) is 0 Å². The molecule has 1 aliphatic rings. The molecule has 2 heterocycles. The number of piperazine rings is 1. The van der Waals surface area contributed by atoms with Crippen LogP contribution < -0.4 is 15.1 Å². The highest BCUT2D eigenvalue weighted by atomic mass is 16.5. The van der Waals surface area contributed by atoms with E-state index in [2.05, 4.69) is 67.3 Å². The Morgan fingerprint density at radius 1 is 1.27 bits per heavy atom. The maximum atomic E-state index is 12.3. The number of nitrogens with zero attached hydrogens (tertiary/aromatic N) is 2. The SMILES string of the molecule is Cc1ccccc1N1CC[NH+](CC(=O)Nc2cc(C(C)(C)C)no2)CC1. The number of anilines is 2. The molecule has 26 heavy (non-hydrogen) atoms. The minimum atomic E-state index is -0.0936. The zero-order chi connectivity index (χ0) is 18.7. The van der Waals surface area contributed by atoms with Crippen molar-refractivity contribution in [2.75, 3.05) is 42.9 Å². The third kappa shape index (κ3) is 4.43. The molecule has 2 aromatic rings. The third-order valence-electron chi connectivity index (χ3n) is 4.88. The number of amides is 1. The average molecular weight is 357 g/mol. The molecule has 0 aliphatic carbocycles. The molecule has 1 fully saturated rings. The van der Waals surface area contributed by atoms with Crippen molar-refractivity contribution >= 4 is 17.5 Å². The molecule has 0 atom stereocenters. The first-order valence-electron chi connectivity index (χ1n) is 9.24. The van der Waals surface area contributed by atoms with Gasteiger partial charge in [-0.2, -0.15) is 0 Å². The van der Waals surface area contributed by atoms with Crippen LogP contribution in [0.4, 0.5) is 11.6 Å². The molecular formula is C20H29N4O2+. The molecule has 3 rings (SSSR count). The molecule has 1 amide bonds. The van der Waals surface area contributed by atoms with Gasteiger partial charge in [-0.3, -0.25) is 10.1 Å². The first-order valence-corrected chi connectivity index (χ1v) is 9.24. The molecule has 1 aromatic carbocycles. The molecule has 6 nitrogen and oxygen atoms in total. The summed E-state index contributed by atoms with van der Waals surface area (Å²) in [6, 6.07) is 10.3. The molecule has 140 valence electrons. The Labute approximate surface area is 155 Å². The van der Waals surface area contributed by atoms with Gasteiger partial charge in [0.15, 0.2) is 6.54 Å². The number of benzene rings is 1. The highest BCUT2D eigenvalue weighted by Gasteiger charge is 2.24. The fourth-order valence-electron chi connectivity index (χ4n) is 3.26. The number of hydrogen-bond acceptors (Lipinski definition) is 4. The number of nitrogens with one attached hydrogen (secondary N) is 2. The van der Waals surface area contributed by atoms with E-state index in [9.17, 15) is 4.79 Å². The summed E-state index contributed by atoms with van der Waals surface area (Å²) in [6.45, 7) is 12.6. The summed E-state index contributed by atoms with van der Waals surface area (Å²) in [4.78, 5) is 16.0. The van der Waals surface area contributed by atoms with E-state index >= 15 is 0 Å². The van der Waals surface area contributed by atoms with Crippen LogP contribution in [0.2, 0.25) is 0 Å². The molecule has 6 heteroatoms. The van der Waals surface area contributed by atoms with E-state index < -0.39 is 0 Å². The second-order valence-corrected chi connectivity index (χ2v) is 8.07. The number of carbonyl (C=O) groups excluding carboxylic acids is 1. The standard InChI is InChI=1S/C20H28N4O2/c1-15-7-5-6-8-16(15)24-11-9-23(10-12-24)14-18(25)21-19-13-17(22-26-19)20(2,3)4/h5-8,13H,9-12,14H2,1-4H3,(H,21,25)/p+1. The molecule has 0 bridgehead atoms. The zero-order valence-corrected chi connectivity index (χ0v) is 16.1. The minimum Gasteiger partial charge on any atom is -0.360 e. The van der Waals surface area contributed by atoms with Gasteiger partial charge in [-0.25, -0.2) is 0 Å². The van der Waals surface area contributed by atoms with Crippen LogP contribution in [0.25, 0.3) is 0 Å². The summed E-state index contributed by atoms with van der Waals surface area (Å²) in [5.41, 5.74) is 3.34. The number of carbonyl (C=O) groups is 1. The maximum absolute atomic E-state index is 12.3. The monoisotopic (exact) mass is 357 g/mol. The van der Waals surface area contributed by atoms with Gasteiger partial charge in [-0.05, 0) is 18.6 Å². The van der Waals surface area contributed by atoms with Gasteiger partial charge >= 0.3 is 0 Å². The van der Waals surface area contributed by atoms with Crippen LogP contribution in [-0.2, 0) is 10.2 Å². The van der Waals surface area contributed by atoms with Crippen molar-refractivity contribution in [1.29, 1.82) is 0 Å². The first-order chi connectivity index (χ1) is 12.3. The smallest absolute Gasteiger partial charge is 0.281 e. The van der Waals surface area contributed by atoms with Crippen LogP contribution in [0.5, 0.6) is 0 Å². The van der Waals surface area contributed by atoms with Crippen LogP contribution in [0.3, 0.4) is 0 Å². The zero-order valence-electron chi connectivity index (χ0n) is 16.1. The van der Waals surface area contributed by atoms with Crippen LogP contribution in [0.1, 0.15) is 32.0 Å². The Kier molecular flexibility index (Phi) is 5.32. The van der Waals surface area contributed by atoms with Gasteiger partial charge in [0, 0.05) is 17.2 Å². The number of aromatic nitrogens is 1. The lowest BCUT2D eigenvalue weighted by Crippen LogP contribution is -3.15. The van der Waals surface area contributed by atoms with Gasteiger partial charge in [0.2, 0.25) is 5.88 Å². The van der Waals surface area contributed by atoms with Gasteiger partial charge in [-0.1, -0.05) is 44.1 Å². The second-order valence-electron chi connectivity index (χ2n) is 8.07. The predicted molar refractivity (Wildman–Crippen MR) is 103 cm³/mol. The number of aryl methyl sites for hydroxylation is 1. The summed E-state index contributed by atoms with van der Waals surface area (Å²) < 4.78 is 5.24. The lowest BCUT2D eigenvalue weighted by atomic mass is 9.92. The number of para-hydroxylation sites is 1. The second kappa shape index (κ2) is 7.50. The highest BCUT2D eigenvalue weighted by Crippen LogP contribution is 2.23. The van der Waals surface area contributed by atoms with Crippen molar-refractivity contribution in [3.8, 4) is 0 Å². The Bertz CT molecular complexity index is 755. The van der Waals surface area contributed by atoms with E-state index in [-0.39, 0.29) is 11.3 Å². The van der Waals surface area contributed by atoms with E-state index in [0.717, 1.165) is 31.9 Å². The van der Waals surface area contributed by atoms with Gasteiger partial charge in [0.05, 0.1) is 31.9 Å². The topological polar surface area (TPSA) is 62.8 Å². The lowest BCUT2D eigenvalue weighted by Gasteiger charge is -2.34. The molecule has 1 aliphatic heterocycles. The normalized spacial score (nSPS) is 15.9. The van der Waals surface area contributed by atoms with Crippen molar-refractivity contribution in [2.24, 2.45) is 0 Å². The summed E-state index contributed by atoms with van der Waals surface area (Å²) >= 11 is 0. The van der Waals surface area contributed by atoms with Crippen molar-refractivity contribution in [3.63, 3.8) is 0 Å². The molecule has 0 unspecified atom stereocenters. The van der Waals surface area contributed by atoms with E-state index in [4.69, 9.17) is 4.52 Å². The fourth-order valence-corrected chi connectivity index (χ4v) is 3.26. The largest absolute Gasteiger partial charge is 0.360 e. The van der Waals surface area contributed by atoms with Gasteiger partial charge in [-0.15, -0.1) is 0 Å². The molecule has 0 saturated carbocycles. The number of rotatable bonds is 4. The van der Waals surface area contributed by atoms with Crippen molar-refractivity contribution < 1.29 is 14.2 Å². The average Bonchev–Trinajstić information content (AvgIpc) is 3.05. The molecule has 0 spiro atoms. The molecule has 1 saturated heterocycles. The summed E-state index contributed by atoms with van der Waals surface area (Å²) in [6.07, 6.45) is 0. The summed E-state index contributed by atoms with van der Waals surface area (Å²) in [7, 11) is 0. The van der Waals surface area contributed by atoms with Crippen LogP contribution in [0, 0.1) is 6.92 Å². The Morgan fingerprint density at radius 3 is 2.58 bits per heavy atom. The van der Waals surface area contributed by atoms with Crippen molar-refractivity contribution in [3.05, 3.63) is 41.6 Å². The minimum absolute atomic E-state index is 0.0269. The molecular weight excluding hydrogens is 328 g/mol. The summed E-state index contributed by atoms with van der Waals surface area (Å²) in [5, 5.41) is 6.87. The van der Waals surface area contributed by atoms with Gasteiger partial charge < -0.3 is 14.3 Å². The van der Waals surface area contributed by atoms with Gasteiger partial charge in [0.25, 0.3) is 5.91 Å². The Hall–Kier alpha value is -2.34. The Balaban J connectivity index is 1.49. The van der Waals surface area contributed by atoms with Crippen LogP contribution in [0.15, 0.2) is 34.9 Å². The Morgan fingerprint density at radius 2 is 1.96 bits per heavy atom. The van der Waals surface area contributed by atoms with E-state index in [1.807, 2.05) is 6.07 Å². The number of hydrogen-bond donors (Lipinski definition) is 2. The lowest BCUT2D eigenvalue weighted by molar-refractivity contribution is -0.892. The van der Waals surface area contributed by atoms with Crippen LogP contribution in [-0.4, -0.2) is 43.8 Å². The first kappa shape index (κ1) is 18.5. The van der Waals surface area contributed by atoms with Crippen molar-refractivity contribution in [2.45, 2.75) is 33.1 Å². The van der Waals surface area contributed by atoms with E-state index in [1.165, 1.54) is 16.2 Å². The fraction of sp³-hybridized carbons (Fsp3) is 0.500. The van der Waals surface area contributed by atoms with E-state index in [1.54, 1.807) is 0 Å². The molecule has 0 radical (unpaired) electrons. The predicted octanol–water partition coefficient (Wildman–Crippen LogP) is 1.62. The van der Waals surface area contributed by atoms with Crippen molar-refractivity contribution in [1.82, 2.24) is 5.16 Å². The maximum Gasteiger partial charge on any atom is 0.281 e. The third-order valence-corrected chi connectivity index (χ3v) is 4.88.